The van der Waals surface area contributed by atoms with Crippen molar-refractivity contribution in [3.05, 3.63) is 174 Å². The molecule has 228 valence electrons. The molecule has 0 spiro atoms. The largest absolute Gasteiger partial charge is 0.228 e. The monoisotopic (exact) mass is 615 g/mol. The van der Waals surface area contributed by atoms with Crippen LogP contribution < -0.4 is 0 Å². The zero-order valence-corrected chi connectivity index (χ0v) is 26.9. The highest BCUT2D eigenvalue weighted by atomic mass is 14.9. The number of aromatic nitrogens is 2. The molecular formula is C45H33N3. The van der Waals surface area contributed by atoms with Crippen LogP contribution in [0, 0.1) is 18.3 Å². The predicted octanol–water partition coefficient (Wildman–Crippen LogP) is 11.7. The molecule has 0 bridgehead atoms. The lowest BCUT2D eigenvalue weighted by molar-refractivity contribution is 1.18. The lowest BCUT2D eigenvalue weighted by atomic mass is 9.88. The Kier molecular flexibility index (Phi) is 8.55. The Labute approximate surface area is 282 Å². The van der Waals surface area contributed by atoms with E-state index in [-0.39, 0.29) is 0 Å². The highest BCUT2D eigenvalue weighted by Gasteiger charge is 2.15. The van der Waals surface area contributed by atoms with E-state index in [1.165, 1.54) is 22.3 Å². The minimum absolute atomic E-state index is 0.664. The number of allylic oxidation sites excluding steroid dienone is 1. The fourth-order valence-electron chi connectivity index (χ4n) is 6.17. The van der Waals surface area contributed by atoms with Gasteiger partial charge in [-0.2, -0.15) is 5.26 Å². The Morgan fingerprint density at radius 2 is 1.02 bits per heavy atom. The van der Waals surface area contributed by atoms with Crippen LogP contribution in [0.4, 0.5) is 0 Å². The Hall–Kier alpha value is -6.37. The average molecular weight is 616 g/mol. The summed E-state index contributed by atoms with van der Waals surface area (Å²) in [5, 5.41) is 9.15. The minimum atomic E-state index is 0.664. The van der Waals surface area contributed by atoms with Crippen molar-refractivity contribution < 1.29 is 0 Å². The van der Waals surface area contributed by atoms with E-state index in [4.69, 9.17) is 15.2 Å². The Balaban J connectivity index is 1.27. The minimum Gasteiger partial charge on any atom is -0.228 e. The van der Waals surface area contributed by atoms with Crippen LogP contribution in [-0.2, 0) is 0 Å². The van der Waals surface area contributed by atoms with Crippen molar-refractivity contribution in [2.75, 3.05) is 0 Å². The summed E-state index contributed by atoms with van der Waals surface area (Å²) in [6.07, 6.45) is 4.30. The summed E-state index contributed by atoms with van der Waals surface area (Å²) in [7, 11) is 0. The Morgan fingerprint density at radius 3 is 1.60 bits per heavy atom. The van der Waals surface area contributed by atoms with Crippen molar-refractivity contribution >= 4 is 6.08 Å². The number of hydrogen-bond donors (Lipinski definition) is 0. The highest BCUT2D eigenvalue weighted by molar-refractivity contribution is 5.85. The van der Waals surface area contributed by atoms with Gasteiger partial charge in [-0.1, -0.05) is 140 Å². The van der Waals surface area contributed by atoms with Crippen LogP contribution in [0.2, 0.25) is 0 Å². The van der Waals surface area contributed by atoms with Crippen LogP contribution >= 0.6 is 0 Å². The first-order chi connectivity index (χ1) is 23.6. The molecule has 3 heteroatoms. The molecule has 0 amide bonds. The third-order valence-corrected chi connectivity index (χ3v) is 8.69. The van der Waals surface area contributed by atoms with Gasteiger partial charge < -0.3 is 0 Å². The van der Waals surface area contributed by atoms with Crippen LogP contribution in [-0.4, -0.2) is 9.97 Å². The van der Waals surface area contributed by atoms with Crippen molar-refractivity contribution in [2.45, 2.75) is 13.8 Å². The number of rotatable bonds is 7. The molecule has 1 heterocycles. The first kappa shape index (κ1) is 30.3. The molecule has 1 aromatic heterocycles. The third kappa shape index (κ3) is 6.20. The molecule has 0 saturated carbocycles. The Bertz CT molecular complexity index is 2220. The van der Waals surface area contributed by atoms with Gasteiger partial charge in [0.2, 0.25) is 0 Å². The second-order valence-corrected chi connectivity index (χ2v) is 11.7. The van der Waals surface area contributed by atoms with Crippen LogP contribution in [0.5, 0.6) is 0 Å². The number of benzene rings is 6. The molecule has 6 aromatic carbocycles. The summed E-state index contributed by atoms with van der Waals surface area (Å²) in [6, 6.07) is 54.2. The molecule has 0 radical (unpaired) electrons. The van der Waals surface area contributed by atoms with Gasteiger partial charge >= 0.3 is 0 Å². The molecule has 7 aromatic rings. The van der Waals surface area contributed by atoms with E-state index in [9.17, 15) is 0 Å². The van der Waals surface area contributed by atoms with E-state index in [1.54, 1.807) is 0 Å². The quantitative estimate of drug-likeness (QED) is 0.179. The summed E-state index contributed by atoms with van der Waals surface area (Å²) in [6.45, 7) is 4.26. The maximum atomic E-state index is 9.15. The van der Waals surface area contributed by atoms with Crippen LogP contribution in [0.3, 0.4) is 0 Å². The van der Waals surface area contributed by atoms with E-state index < -0.39 is 0 Å². The molecule has 0 aliphatic heterocycles. The van der Waals surface area contributed by atoms with Crippen LogP contribution in [0.25, 0.3) is 73.4 Å². The predicted molar refractivity (Wildman–Crippen MR) is 199 cm³/mol. The molecule has 48 heavy (non-hydrogen) atoms. The molecule has 0 aliphatic carbocycles. The van der Waals surface area contributed by atoms with Crippen LogP contribution in [0.15, 0.2) is 158 Å². The van der Waals surface area contributed by atoms with Crippen molar-refractivity contribution in [2.24, 2.45) is 0 Å². The standard InChI is InChI=1S/C45H33N3/c1-3-11-41-31(2)40(26-27-42(41)35-24-22-34(23-25-35)33-20-18-32(30-46)19-21-33)38-16-10-17-39(28-38)45-47-43(36-12-6-4-7-13-36)29-44(48-45)37-14-8-5-9-15-37/h3-29H,1-2H3/b11-3-. The van der Waals surface area contributed by atoms with Crippen molar-refractivity contribution in [3.8, 4) is 73.4 Å². The maximum Gasteiger partial charge on any atom is 0.160 e. The fourth-order valence-corrected chi connectivity index (χ4v) is 6.17. The van der Waals surface area contributed by atoms with Gasteiger partial charge in [0.15, 0.2) is 5.82 Å². The average Bonchev–Trinajstić information content (AvgIpc) is 3.16. The summed E-state index contributed by atoms with van der Waals surface area (Å²) < 4.78 is 0. The lowest BCUT2D eigenvalue weighted by Crippen LogP contribution is -1.97. The van der Waals surface area contributed by atoms with Gasteiger partial charge in [-0.3, -0.25) is 0 Å². The molecule has 7 rings (SSSR count). The smallest absolute Gasteiger partial charge is 0.160 e. The van der Waals surface area contributed by atoms with E-state index in [0.717, 1.165) is 50.3 Å². The van der Waals surface area contributed by atoms with E-state index in [2.05, 4.69) is 123 Å². The van der Waals surface area contributed by atoms with E-state index >= 15 is 0 Å². The number of nitriles is 1. The second-order valence-electron chi connectivity index (χ2n) is 11.7. The fraction of sp³-hybridized carbons (Fsp3) is 0.0444. The van der Waals surface area contributed by atoms with Gasteiger partial charge in [-0.05, 0) is 82.6 Å². The Morgan fingerprint density at radius 1 is 0.500 bits per heavy atom. The van der Waals surface area contributed by atoms with Gasteiger partial charge in [-0.15, -0.1) is 0 Å². The molecule has 0 aliphatic rings. The molecule has 0 saturated heterocycles. The van der Waals surface area contributed by atoms with Gasteiger partial charge in [0.05, 0.1) is 23.0 Å². The summed E-state index contributed by atoms with van der Waals surface area (Å²) in [5.41, 5.74) is 14.8. The van der Waals surface area contributed by atoms with Gasteiger partial charge in [0.1, 0.15) is 0 Å². The summed E-state index contributed by atoms with van der Waals surface area (Å²) in [4.78, 5) is 10.1. The van der Waals surface area contributed by atoms with Gasteiger partial charge in [0, 0.05) is 16.7 Å². The third-order valence-electron chi connectivity index (χ3n) is 8.69. The zero-order valence-electron chi connectivity index (χ0n) is 26.9. The maximum absolute atomic E-state index is 9.15. The first-order valence-electron chi connectivity index (χ1n) is 16.1. The van der Waals surface area contributed by atoms with E-state index in [0.29, 0.717) is 11.4 Å². The molecular weight excluding hydrogens is 583 g/mol. The van der Waals surface area contributed by atoms with Crippen molar-refractivity contribution in [3.63, 3.8) is 0 Å². The molecule has 3 nitrogen and oxygen atoms in total. The zero-order chi connectivity index (χ0) is 32.9. The topological polar surface area (TPSA) is 49.6 Å². The summed E-state index contributed by atoms with van der Waals surface area (Å²) in [5.74, 6) is 0.697. The second kappa shape index (κ2) is 13.5. The highest BCUT2D eigenvalue weighted by Crippen LogP contribution is 2.37. The summed E-state index contributed by atoms with van der Waals surface area (Å²) >= 11 is 0. The first-order valence-corrected chi connectivity index (χ1v) is 16.1. The van der Waals surface area contributed by atoms with Gasteiger partial charge in [-0.25, -0.2) is 9.97 Å². The van der Waals surface area contributed by atoms with Crippen LogP contribution in [0.1, 0.15) is 23.6 Å². The molecule has 0 fully saturated rings. The molecule has 0 unspecified atom stereocenters. The van der Waals surface area contributed by atoms with Crippen molar-refractivity contribution in [1.29, 1.82) is 5.26 Å². The van der Waals surface area contributed by atoms with E-state index in [1.807, 2.05) is 60.7 Å². The van der Waals surface area contributed by atoms with Gasteiger partial charge in [0.25, 0.3) is 0 Å². The molecule has 0 N–H and O–H groups in total. The number of hydrogen-bond acceptors (Lipinski definition) is 3. The normalized spacial score (nSPS) is 11.0. The SMILES string of the molecule is C/C=C\c1c(-c2ccc(-c3ccc(C#N)cc3)cc2)ccc(-c2cccc(-c3nc(-c4ccccc4)cc(-c4ccccc4)n3)c2)c1C. The lowest BCUT2D eigenvalue weighted by Gasteiger charge is -2.16. The molecule has 0 atom stereocenters. The van der Waals surface area contributed by atoms with Crippen molar-refractivity contribution in [1.82, 2.24) is 9.97 Å². The number of nitrogens with zero attached hydrogens (tertiary/aromatic N) is 3.